The Morgan fingerprint density at radius 1 is 1.18 bits per heavy atom. The molecule has 2 rings (SSSR count). The zero-order valence-electron chi connectivity index (χ0n) is 8.39. The van der Waals surface area contributed by atoms with Gasteiger partial charge in [-0.25, -0.2) is 23.5 Å². The Morgan fingerprint density at radius 3 is 2.41 bits per heavy atom. The van der Waals surface area contributed by atoms with E-state index >= 15 is 0 Å². The molecule has 6 heteroatoms. The molecule has 2 aromatic rings. The number of nitrogens with zero attached hydrogens (tertiary/aromatic N) is 2. The number of halogens is 2. The second-order valence-corrected chi connectivity index (χ2v) is 3.22. The molecule has 4 nitrogen and oxygen atoms in total. The molecule has 0 bridgehead atoms. The van der Waals surface area contributed by atoms with E-state index in [-0.39, 0.29) is 17.0 Å². The fourth-order valence-electron chi connectivity index (χ4n) is 1.25. The Bertz CT molecular complexity index is 570. The van der Waals surface area contributed by atoms with Gasteiger partial charge in [0.2, 0.25) is 0 Å². The Hall–Kier alpha value is -2.37. The maximum Gasteiger partial charge on any atom is 0.338 e. The van der Waals surface area contributed by atoms with E-state index in [1.54, 1.807) is 0 Å². The molecule has 1 heterocycles. The molecule has 1 aromatic carbocycles. The third-order valence-corrected chi connectivity index (χ3v) is 2.07. The predicted octanol–water partition coefficient (Wildman–Crippen LogP) is 2.12. The van der Waals surface area contributed by atoms with Crippen LogP contribution in [0.25, 0.3) is 11.4 Å². The van der Waals surface area contributed by atoms with E-state index in [1.165, 1.54) is 0 Å². The minimum absolute atomic E-state index is 0.0630. The van der Waals surface area contributed by atoms with E-state index in [2.05, 4.69) is 9.97 Å². The zero-order valence-corrected chi connectivity index (χ0v) is 8.39. The number of aromatic nitrogens is 2. The van der Waals surface area contributed by atoms with Crippen LogP contribution in [-0.4, -0.2) is 21.0 Å². The second kappa shape index (κ2) is 4.25. The van der Waals surface area contributed by atoms with Crippen LogP contribution in [0, 0.1) is 11.6 Å². The molecule has 0 saturated heterocycles. The van der Waals surface area contributed by atoms with Gasteiger partial charge < -0.3 is 5.11 Å². The van der Waals surface area contributed by atoms with Crippen molar-refractivity contribution in [3.8, 4) is 11.4 Å². The summed E-state index contributed by atoms with van der Waals surface area (Å²) in [6, 6.07) is 2.88. The van der Waals surface area contributed by atoms with Crippen molar-refractivity contribution in [2.24, 2.45) is 0 Å². The number of benzene rings is 1. The maximum atomic E-state index is 13.4. The Labute approximate surface area is 94.6 Å². The average molecular weight is 236 g/mol. The van der Waals surface area contributed by atoms with Gasteiger partial charge in [0.15, 0.2) is 5.82 Å². The third-order valence-electron chi connectivity index (χ3n) is 2.07. The highest BCUT2D eigenvalue weighted by Crippen LogP contribution is 2.19. The topological polar surface area (TPSA) is 63.1 Å². The second-order valence-electron chi connectivity index (χ2n) is 3.22. The lowest BCUT2D eigenvalue weighted by molar-refractivity contribution is 0.0696. The van der Waals surface area contributed by atoms with E-state index in [0.29, 0.717) is 0 Å². The molecule has 0 unspecified atom stereocenters. The molecule has 0 aliphatic rings. The van der Waals surface area contributed by atoms with Gasteiger partial charge in [0.25, 0.3) is 0 Å². The van der Waals surface area contributed by atoms with Crippen molar-refractivity contribution in [3.63, 3.8) is 0 Å². The minimum Gasteiger partial charge on any atom is -0.478 e. The van der Waals surface area contributed by atoms with Crippen LogP contribution in [0.4, 0.5) is 8.78 Å². The number of carboxylic acids is 1. The molecule has 0 atom stereocenters. The predicted molar refractivity (Wildman–Crippen MR) is 54.3 cm³/mol. The summed E-state index contributed by atoms with van der Waals surface area (Å²) in [5, 5.41) is 8.63. The molecular formula is C11H6F2N2O2. The summed E-state index contributed by atoms with van der Waals surface area (Å²) in [6.45, 7) is 0. The highest BCUT2D eigenvalue weighted by Gasteiger charge is 2.10. The van der Waals surface area contributed by atoms with Crippen LogP contribution < -0.4 is 0 Å². The normalized spacial score (nSPS) is 10.2. The lowest BCUT2D eigenvalue weighted by atomic mass is 10.2. The first-order chi connectivity index (χ1) is 8.08. The Balaban J connectivity index is 2.46. The standard InChI is InChI=1S/C11H6F2N2O2/c12-7-1-2-9(13)8(3-7)10-14-4-6(5-15-10)11(16)17/h1-5H,(H,16,17). The summed E-state index contributed by atoms with van der Waals surface area (Å²) in [7, 11) is 0. The number of rotatable bonds is 2. The molecular weight excluding hydrogens is 230 g/mol. The van der Waals surface area contributed by atoms with Gasteiger partial charge in [-0.05, 0) is 18.2 Å². The summed E-state index contributed by atoms with van der Waals surface area (Å²) < 4.78 is 26.3. The molecule has 0 amide bonds. The molecule has 1 aromatic heterocycles. The van der Waals surface area contributed by atoms with Crippen LogP contribution in [-0.2, 0) is 0 Å². The van der Waals surface area contributed by atoms with E-state index in [0.717, 1.165) is 30.6 Å². The number of carboxylic acid groups (broad SMARTS) is 1. The molecule has 0 aliphatic heterocycles. The van der Waals surface area contributed by atoms with E-state index < -0.39 is 17.6 Å². The first-order valence-electron chi connectivity index (χ1n) is 4.58. The van der Waals surface area contributed by atoms with Crippen LogP contribution >= 0.6 is 0 Å². The maximum absolute atomic E-state index is 13.4. The van der Waals surface area contributed by atoms with Crippen LogP contribution in [0.1, 0.15) is 10.4 Å². The largest absolute Gasteiger partial charge is 0.478 e. The number of carbonyl (C=O) groups is 1. The van der Waals surface area contributed by atoms with Gasteiger partial charge in [-0.2, -0.15) is 0 Å². The first kappa shape index (κ1) is 11.1. The van der Waals surface area contributed by atoms with Gasteiger partial charge in [-0.1, -0.05) is 0 Å². The van der Waals surface area contributed by atoms with Gasteiger partial charge in [0.1, 0.15) is 11.6 Å². The summed E-state index contributed by atoms with van der Waals surface area (Å²) in [5.74, 6) is -2.54. The molecule has 0 saturated carbocycles. The van der Waals surface area contributed by atoms with Crippen molar-refractivity contribution in [2.45, 2.75) is 0 Å². The van der Waals surface area contributed by atoms with Crippen molar-refractivity contribution in [3.05, 3.63) is 47.8 Å². The van der Waals surface area contributed by atoms with Gasteiger partial charge in [-0.15, -0.1) is 0 Å². The summed E-state index contributed by atoms with van der Waals surface area (Å²) in [5.41, 5.74) is -0.229. The molecule has 0 fully saturated rings. The van der Waals surface area contributed by atoms with Gasteiger partial charge in [-0.3, -0.25) is 0 Å². The molecule has 0 aliphatic carbocycles. The fourth-order valence-corrected chi connectivity index (χ4v) is 1.25. The summed E-state index contributed by atoms with van der Waals surface area (Å²) in [4.78, 5) is 17.9. The number of hydrogen-bond acceptors (Lipinski definition) is 3. The monoisotopic (exact) mass is 236 g/mol. The molecule has 0 radical (unpaired) electrons. The SMILES string of the molecule is O=C(O)c1cnc(-c2cc(F)ccc2F)nc1. The fraction of sp³-hybridized carbons (Fsp3) is 0. The average Bonchev–Trinajstić information content (AvgIpc) is 2.32. The smallest absolute Gasteiger partial charge is 0.338 e. The summed E-state index contributed by atoms with van der Waals surface area (Å²) in [6.07, 6.45) is 2.07. The molecule has 0 spiro atoms. The van der Waals surface area contributed by atoms with Gasteiger partial charge in [0, 0.05) is 12.4 Å². The van der Waals surface area contributed by atoms with Crippen LogP contribution in [0.5, 0.6) is 0 Å². The van der Waals surface area contributed by atoms with E-state index in [9.17, 15) is 13.6 Å². The number of aromatic carboxylic acids is 1. The Kier molecular flexibility index (Phi) is 2.78. The van der Waals surface area contributed by atoms with Crippen LogP contribution in [0.15, 0.2) is 30.6 Å². The van der Waals surface area contributed by atoms with Crippen LogP contribution in [0.2, 0.25) is 0 Å². The highest BCUT2D eigenvalue weighted by molar-refractivity contribution is 5.86. The molecule has 86 valence electrons. The Morgan fingerprint density at radius 2 is 1.82 bits per heavy atom. The van der Waals surface area contributed by atoms with Crippen LogP contribution in [0.3, 0.4) is 0 Å². The van der Waals surface area contributed by atoms with Crippen molar-refractivity contribution >= 4 is 5.97 Å². The number of hydrogen-bond donors (Lipinski definition) is 1. The van der Waals surface area contributed by atoms with Crippen molar-refractivity contribution in [1.29, 1.82) is 0 Å². The summed E-state index contributed by atoms with van der Waals surface area (Å²) >= 11 is 0. The van der Waals surface area contributed by atoms with Gasteiger partial charge >= 0.3 is 5.97 Å². The quantitative estimate of drug-likeness (QED) is 0.867. The lowest BCUT2D eigenvalue weighted by Crippen LogP contribution is -2.00. The van der Waals surface area contributed by atoms with Crippen molar-refractivity contribution in [2.75, 3.05) is 0 Å². The highest BCUT2D eigenvalue weighted by atomic mass is 19.1. The van der Waals surface area contributed by atoms with Crippen molar-refractivity contribution < 1.29 is 18.7 Å². The van der Waals surface area contributed by atoms with E-state index in [4.69, 9.17) is 5.11 Å². The first-order valence-corrected chi connectivity index (χ1v) is 4.58. The van der Waals surface area contributed by atoms with Gasteiger partial charge in [0.05, 0.1) is 11.1 Å². The minimum atomic E-state index is -1.18. The van der Waals surface area contributed by atoms with E-state index in [1.807, 2.05) is 0 Å². The third kappa shape index (κ3) is 2.25. The molecule has 17 heavy (non-hydrogen) atoms. The molecule has 1 N–H and O–H groups in total. The van der Waals surface area contributed by atoms with Crippen molar-refractivity contribution in [1.82, 2.24) is 9.97 Å². The lowest BCUT2D eigenvalue weighted by Gasteiger charge is -2.02. The zero-order chi connectivity index (χ0) is 12.4.